The van der Waals surface area contributed by atoms with Crippen LogP contribution in [0.25, 0.3) is 4.85 Å². The summed E-state index contributed by atoms with van der Waals surface area (Å²) in [5.41, 5.74) is 6.68. The van der Waals surface area contributed by atoms with Crippen LogP contribution in [0.2, 0.25) is 5.02 Å². The van der Waals surface area contributed by atoms with Gasteiger partial charge in [0.1, 0.15) is 6.04 Å². The minimum atomic E-state index is -0.969. The van der Waals surface area contributed by atoms with Crippen LogP contribution < -0.4 is 15.1 Å². The maximum Gasteiger partial charge on any atom is 0.262 e. The van der Waals surface area contributed by atoms with Crippen LogP contribution in [-0.4, -0.2) is 109 Å². The standard InChI is InChI=1S/C45H48ClN7O5/c1-47-38-7-5-34(26-37(38)46)52-23-16-45(28-52)14-21-51(22-15-45)42(56)32-3-2-30-12-17-49(18-13-31(30)24-32)27-29-10-19-50(20-11-29)33-4-6-35-36(25-33)44(58)53(43(35)57)39-8-9-40(54)48-41(39)55/h2-7,24-26,29,39H,8-23,27-28H2,(H,48,54,55). The highest BCUT2D eigenvalue weighted by atomic mass is 35.5. The predicted molar refractivity (Wildman–Crippen MR) is 220 cm³/mol. The number of rotatable bonds is 6. The summed E-state index contributed by atoms with van der Waals surface area (Å²) in [7, 11) is 0. The number of nitrogens with zero attached hydrogens (tertiary/aromatic N) is 6. The molecule has 4 saturated heterocycles. The molecule has 58 heavy (non-hydrogen) atoms. The molecule has 0 bridgehead atoms. The van der Waals surface area contributed by atoms with Crippen molar-refractivity contribution in [3.05, 3.63) is 98.9 Å². The van der Waals surface area contributed by atoms with E-state index in [1.54, 1.807) is 18.2 Å². The number of benzene rings is 3. The minimum absolute atomic E-state index is 0.0956. The molecule has 3 aromatic rings. The molecule has 6 aliphatic heterocycles. The summed E-state index contributed by atoms with van der Waals surface area (Å²) in [6, 6.07) is 16.5. The Morgan fingerprint density at radius 3 is 2.21 bits per heavy atom. The minimum Gasteiger partial charge on any atom is -0.371 e. The molecule has 6 aliphatic rings. The van der Waals surface area contributed by atoms with Crippen LogP contribution in [0.3, 0.4) is 0 Å². The van der Waals surface area contributed by atoms with E-state index in [0.717, 1.165) is 126 Å². The van der Waals surface area contributed by atoms with E-state index >= 15 is 0 Å². The highest BCUT2D eigenvalue weighted by molar-refractivity contribution is 6.33. The van der Waals surface area contributed by atoms with Crippen molar-refractivity contribution in [2.75, 3.05) is 68.7 Å². The van der Waals surface area contributed by atoms with Crippen molar-refractivity contribution in [2.24, 2.45) is 11.3 Å². The summed E-state index contributed by atoms with van der Waals surface area (Å²) in [4.78, 5) is 78.2. The molecule has 4 fully saturated rings. The zero-order valence-electron chi connectivity index (χ0n) is 32.7. The number of halogens is 1. The van der Waals surface area contributed by atoms with E-state index in [-0.39, 0.29) is 30.1 Å². The number of amides is 5. The molecule has 1 N–H and O–H groups in total. The third kappa shape index (κ3) is 7.24. The first-order valence-corrected chi connectivity index (χ1v) is 21.1. The molecule has 0 aliphatic carbocycles. The van der Waals surface area contributed by atoms with Crippen LogP contribution in [-0.2, 0) is 22.4 Å². The summed E-state index contributed by atoms with van der Waals surface area (Å²) < 4.78 is 0. The van der Waals surface area contributed by atoms with Crippen molar-refractivity contribution in [2.45, 2.75) is 63.8 Å². The lowest BCUT2D eigenvalue weighted by molar-refractivity contribution is -0.136. The van der Waals surface area contributed by atoms with Gasteiger partial charge in [0.15, 0.2) is 0 Å². The molecule has 3 aromatic carbocycles. The normalized spacial score (nSPS) is 22.5. The van der Waals surface area contributed by atoms with Crippen LogP contribution in [0.4, 0.5) is 17.1 Å². The van der Waals surface area contributed by atoms with E-state index in [2.05, 4.69) is 37.0 Å². The molecular weight excluding hydrogens is 754 g/mol. The SMILES string of the molecule is [C-]#[N+]c1ccc(N2CCC3(CCN(C(=O)c4ccc5c(c4)CCN(CC4CCN(c6ccc7c(c6)C(=O)N(C6CCC(=O)NC6=O)C7=O)CC4)CC5)CC3)C2)cc1Cl. The molecule has 0 radical (unpaired) electrons. The second kappa shape index (κ2) is 15.5. The quantitative estimate of drug-likeness (QED) is 0.248. The Balaban J connectivity index is 0.751. The van der Waals surface area contributed by atoms with Crippen LogP contribution in [0.1, 0.15) is 87.1 Å². The lowest BCUT2D eigenvalue weighted by Gasteiger charge is -2.39. The largest absolute Gasteiger partial charge is 0.371 e. The molecule has 1 atom stereocenters. The highest BCUT2D eigenvalue weighted by Gasteiger charge is 2.45. The molecule has 1 unspecified atom stereocenters. The van der Waals surface area contributed by atoms with E-state index in [1.165, 1.54) is 11.1 Å². The molecule has 13 heteroatoms. The van der Waals surface area contributed by atoms with Crippen molar-refractivity contribution in [1.29, 1.82) is 0 Å². The Labute approximate surface area is 343 Å². The van der Waals surface area contributed by atoms with Gasteiger partial charge in [-0.1, -0.05) is 23.7 Å². The Kier molecular flexibility index (Phi) is 10.2. The van der Waals surface area contributed by atoms with Crippen molar-refractivity contribution in [1.82, 2.24) is 20.0 Å². The Hall–Kier alpha value is -5.25. The number of carbonyl (C=O) groups is 5. The van der Waals surface area contributed by atoms with Crippen LogP contribution in [0, 0.1) is 17.9 Å². The van der Waals surface area contributed by atoms with Gasteiger partial charge in [0.25, 0.3) is 17.7 Å². The Bertz CT molecular complexity index is 2240. The molecular formula is C45H48ClN7O5. The number of fused-ring (bicyclic) bond motifs is 2. The summed E-state index contributed by atoms with van der Waals surface area (Å²) in [5.74, 6) is -1.27. The molecule has 300 valence electrons. The van der Waals surface area contributed by atoms with Gasteiger partial charge < -0.3 is 19.6 Å². The lowest BCUT2D eigenvalue weighted by Crippen LogP contribution is -2.54. The van der Waals surface area contributed by atoms with Gasteiger partial charge in [-0.05, 0) is 116 Å². The van der Waals surface area contributed by atoms with Gasteiger partial charge in [-0.2, -0.15) is 0 Å². The van der Waals surface area contributed by atoms with E-state index in [1.807, 2.05) is 29.2 Å². The van der Waals surface area contributed by atoms with E-state index < -0.39 is 23.8 Å². The van der Waals surface area contributed by atoms with E-state index in [4.69, 9.17) is 18.2 Å². The first kappa shape index (κ1) is 38.3. The Morgan fingerprint density at radius 2 is 1.47 bits per heavy atom. The van der Waals surface area contributed by atoms with Crippen molar-refractivity contribution >= 4 is 58.2 Å². The van der Waals surface area contributed by atoms with Gasteiger partial charge in [-0.3, -0.25) is 34.2 Å². The van der Waals surface area contributed by atoms with Crippen LogP contribution in [0.5, 0.6) is 0 Å². The number of carbonyl (C=O) groups excluding carboxylic acids is 5. The number of nitrogens with one attached hydrogen (secondary N) is 1. The zero-order valence-corrected chi connectivity index (χ0v) is 33.4. The van der Waals surface area contributed by atoms with E-state index in [0.29, 0.717) is 27.8 Å². The average Bonchev–Trinajstić information content (AvgIpc) is 3.67. The molecule has 6 heterocycles. The third-order valence-corrected chi connectivity index (χ3v) is 14.0. The van der Waals surface area contributed by atoms with Gasteiger partial charge in [-0.15, -0.1) is 0 Å². The first-order chi connectivity index (χ1) is 28.1. The maximum atomic E-state index is 13.8. The van der Waals surface area contributed by atoms with E-state index in [9.17, 15) is 24.0 Å². The maximum absolute atomic E-state index is 13.8. The second-order valence-electron chi connectivity index (χ2n) is 17.1. The summed E-state index contributed by atoms with van der Waals surface area (Å²) in [5, 5.41) is 2.75. The molecule has 0 aromatic heterocycles. The fourth-order valence-corrected chi connectivity index (χ4v) is 10.4. The number of hydrogen-bond donors (Lipinski definition) is 1. The van der Waals surface area contributed by atoms with Gasteiger partial charge in [0.05, 0.1) is 17.7 Å². The lowest BCUT2D eigenvalue weighted by atomic mass is 9.77. The molecule has 1 spiro atoms. The van der Waals surface area contributed by atoms with Crippen molar-refractivity contribution in [3.8, 4) is 0 Å². The number of hydrogen-bond acceptors (Lipinski definition) is 8. The van der Waals surface area contributed by atoms with Gasteiger partial charge in [-0.25, -0.2) is 4.85 Å². The fraction of sp³-hybridized carbons (Fsp3) is 0.467. The smallest absolute Gasteiger partial charge is 0.262 e. The fourth-order valence-electron chi connectivity index (χ4n) is 10.2. The zero-order chi connectivity index (χ0) is 40.1. The van der Waals surface area contributed by atoms with Gasteiger partial charge in [0.2, 0.25) is 17.5 Å². The molecule has 9 rings (SSSR count). The molecule has 0 saturated carbocycles. The monoisotopic (exact) mass is 801 g/mol. The predicted octanol–water partition coefficient (Wildman–Crippen LogP) is 5.74. The molecule has 12 nitrogen and oxygen atoms in total. The highest BCUT2D eigenvalue weighted by Crippen LogP contribution is 2.43. The first-order valence-electron chi connectivity index (χ1n) is 20.7. The average molecular weight is 802 g/mol. The second-order valence-corrected chi connectivity index (χ2v) is 17.5. The van der Waals surface area contributed by atoms with Crippen LogP contribution >= 0.6 is 11.6 Å². The summed E-state index contributed by atoms with van der Waals surface area (Å²) in [6.45, 7) is 15.4. The third-order valence-electron chi connectivity index (χ3n) is 13.7. The number of likely N-dealkylation sites (tertiary alicyclic amines) is 1. The van der Waals surface area contributed by atoms with Crippen molar-refractivity contribution in [3.63, 3.8) is 0 Å². The van der Waals surface area contributed by atoms with Gasteiger partial charge >= 0.3 is 0 Å². The number of anilines is 2. The van der Waals surface area contributed by atoms with Crippen molar-refractivity contribution < 1.29 is 24.0 Å². The topological polar surface area (TPSA) is 118 Å². The summed E-state index contributed by atoms with van der Waals surface area (Å²) in [6.07, 6.45) is 7.24. The number of piperidine rings is 3. The van der Waals surface area contributed by atoms with Crippen LogP contribution in [0.15, 0.2) is 54.6 Å². The van der Waals surface area contributed by atoms with Gasteiger partial charge in [0, 0.05) is 87.3 Å². The summed E-state index contributed by atoms with van der Waals surface area (Å²) >= 11 is 6.35. The Morgan fingerprint density at radius 1 is 0.759 bits per heavy atom. The number of imide groups is 2. The molecule has 5 amide bonds.